The fourth-order valence-electron chi connectivity index (χ4n) is 1.67. The summed E-state index contributed by atoms with van der Waals surface area (Å²) in [6.45, 7) is 9.17. The monoisotopic (exact) mass is 282 g/mol. The number of nitrogens with one attached hydrogen (secondary N) is 1. The molecule has 1 rings (SSSR count). The van der Waals surface area contributed by atoms with E-state index < -0.39 is 21.9 Å². The smallest absolute Gasteiger partial charge is 0.136 e. The number of hydrogen-bond acceptors (Lipinski definition) is 3. The van der Waals surface area contributed by atoms with Gasteiger partial charge < -0.3 is 4.55 Å². The van der Waals surface area contributed by atoms with Gasteiger partial charge in [-0.05, 0) is 57.9 Å². The summed E-state index contributed by atoms with van der Waals surface area (Å²) in [5.41, 5.74) is 1.69. The zero-order valence-electron chi connectivity index (χ0n) is 11.9. The first kappa shape index (κ1) is 16.0. The molecule has 19 heavy (non-hydrogen) atoms. The highest BCUT2D eigenvalue weighted by atomic mass is 32.2. The van der Waals surface area contributed by atoms with Crippen molar-refractivity contribution >= 4 is 11.4 Å². The lowest BCUT2D eigenvalue weighted by molar-refractivity contribution is 0.529. The Hall–Kier alpha value is -1.09. The summed E-state index contributed by atoms with van der Waals surface area (Å²) < 4.78 is 28.1. The lowest BCUT2D eigenvalue weighted by atomic mass is 9.98. The first-order valence-electron chi connectivity index (χ1n) is 6.05. The maximum atomic E-state index is 13.5. The summed E-state index contributed by atoms with van der Waals surface area (Å²) in [6, 6.07) is 4.28. The predicted molar refractivity (Wildman–Crippen MR) is 75.3 cm³/mol. The van der Waals surface area contributed by atoms with Crippen molar-refractivity contribution in [1.82, 2.24) is 4.72 Å². The Labute approximate surface area is 117 Å². The van der Waals surface area contributed by atoms with Crippen LogP contribution in [-0.4, -0.2) is 9.30 Å². The fourth-order valence-corrected chi connectivity index (χ4v) is 2.47. The van der Waals surface area contributed by atoms with E-state index in [4.69, 9.17) is 5.26 Å². The Bertz CT molecular complexity index is 505. The number of hydrogen-bond donors (Lipinski definition) is 1. The lowest BCUT2D eigenvalue weighted by Crippen LogP contribution is -2.40. The molecule has 104 valence electrons. The van der Waals surface area contributed by atoms with Crippen molar-refractivity contribution in [1.29, 1.82) is 5.26 Å². The molecule has 0 amide bonds. The van der Waals surface area contributed by atoms with Gasteiger partial charge in [-0.15, -0.1) is 4.72 Å². The van der Waals surface area contributed by atoms with Gasteiger partial charge >= 0.3 is 0 Å². The molecule has 0 aromatic heterocycles. The number of halogens is 1. The van der Waals surface area contributed by atoms with Gasteiger partial charge in [-0.2, -0.15) is 5.26 Å². The molecule has 0 spiro atoms. The normalized spacial score (nSPS) is 14.8. The largest absolute Gasteiger partial charge is 0.598 e. The van der Waals surface area contributed by atoms with Gasteiger partial charge in [0.25, 0.3) is 0 Å². The summed E-state index contributed by atoms with van der Waals surface area (Å²) in [7, 11) is 0. The van der Waals surface area contributed by atoms with Gasteiger partial charge in [0, 0.05) is 11.4 Å². The Balaban J connectivity index is 3.04. The second-order valence-electron chi connectivity index (χ2n) is 5.50. The van der Waals surface area contributed by atoms with E-state index in [1.807, 2.05) is 33.8 Å². The zero-order chi connectivity index (χ0) is 14.8. The quantitative estimate of drug-likeness (QED) is 0.867. The molecule has 1 aromatic carbocycles. The molecule has 1 N–H and O–H groups in total. The van der Waals surface area contributed by atoms with Crippen molar-refractivity contribution in [3.05, 3.63) is 34.6 Å². The van der Waals surface area contributed by atoms with Crippen molar-refractivity contribution in [2.75, 3.05) is 0 Å². The Morgan fingerprint density at radius 3 is 2.47 bits per heavy atom. The lowest BCUT2D eigenvalue weighted by Gasteiger charge is -2.27. The molecule has 0 saturated carbocycles. The molecule has 0 bridgehead atoms. The molecule has 3 nitrogen and oxygen atoms in total. The van der Waals surface area contributed by atoms with E-state index in [1.165, 1.54) is 12.1 Å². The highest BCUT2D eigenvalue weighted by Gasteiger charge is 2.29. The third-order valence-corrected chi connectivity index (χ3v) is 4.52. The van der Waals surface area contributed by atoms with Crippen LogP contribution in [0.4, 0.5) is 4.39 Å². The predicted octanol–water partition coefficient (Wildman–Crippen LogP) is 3.12. The molecular weight excluding hydrogens is 263 g/mol. The second-order valence-corrected chi connectivity index (χ2v) is 7.50. The SMILES string of the molecule is Cc1c(C#N)cc(F)cc1C(C)N[S+]([O-])C(C)(C)C. The highest BCUT2D eigenvalue weighted by molar-refractivity contribution is 7.90. The zero-order valence-corrected chi connectivity index (χ0v) is 12.7. The van der Waals surface area contributed by atoms with E-state index in [0.29, 0.717) is 11.1 Å². The van der Waals surface area contributed by atoms with E-state index in [9.17, 15) is 8.94 Å². The molecule has 0 heterocycles. The summed E-state index contributed by atoms with van der Waals surface area (Å²) in [4.78, 5) is 0. The maximum absolute atomic E-state index is 13.5. The minimum atomic E-state index is -1.25. The van der Waals surface area contributed by atoms with Gasteiger partial charge in [0.15, 0.2) is 0 Å². The molecule has 2 unspecified atom stereocenters. The number of nitriles is 1. The van der Waals surface area contributed by atoms with Crippen LogP contribution in [0.25, 0.3) is 0 Å². The van der Waals surface area contributed by atoms with E-state index >= 15 is 0 Å². The molecular formula is C14H19FN2OS. The van der Waals surface area contributed by atoms with Crippen LogP contribution in [0.15, 0.2) is 12.1 Å². The number of benzene rings is 1. The van der Waals surface area contributed by atoms with Crippen LogP contribution in [0.5, 0.6) is 0 Å². The van der Waals surface area contributed by atoms with Gasteiger partial charge in [-0.1, -0.05) is 0 Å². The van der Waals surface area contributed by atoms with Crippen molar-refractivity contribution in [2.24, 2.45) is 0 Å². The minimum Gasteiger partial charge on any atom is -0.598 e. The van der Waals surface area contributed by atoms with E-state index in [-0.39, 0.29) is 6.04 Å². The number of nitrogens with zero attached hydrogens (tertiary/aromatic N) is 1. The van der Waals surface area contributed by atoms with E-state index in [0.717, 1.165) is 5.56 Å². The standard InChI is InChI=1S/C14H19FN2OS/c1-9-11(8-16)6-12(15)7-13(9)10(2)17-19(18)14(3,4)5/h6-7,10,17H,1-5H3. The van der Waals surface area contributed by atoms with E-state index in [2.05, 4.69) is 4.72 Å². The topological polar surface area (TPSA) is 58.9 Å². The van der Waals surface area contributed by atoms with Crippen molar-refractivity contribution in [3.63, 3.8) is 0 Å². The third kappa shape index (κ3) is 3.93. The summed E-state index contributed by atoms with van der Waals surface area (Å²) in [5.74, 6) is -0.452. The molecule has 0 fully saturated rings. The van der Waals surface area contributed by atoms with Crippen molar-refractivity contribution in [2.45, 2.75) is 45.4 Å². The van der Waals surface area contributed by atoms with Gasteiger partial charge in [0.2, 0.25) is 0 Å². The van der Waals surface area contributed by atoms with Crippen LogP contribution >= 0.6 is 0 Å². The highest BCUT2D eigenvalue weighted by Crippen LogP contribution is 2.24. The Morgan fingerprint density at radius 1 is 1.42 bits per heavy atom. The first-order chi connectivity index (χ1) is 8.66. The third-order valence-electron chi connectivity index (χ3n) is 2.84. The average Bonchev–Trinajstić information content (AvgIpc) is 2.30. The van der Waals surface area contributed by atoms with Crippen LogP contribution in [0, 0.1) is 24.1 Å². The molecule has 0 radical (unpaired) electrons. The van der Waals surface area contributed by atoms with Gasteiger partial charge in [0.1, 0.15) is 10.6 Å². The van der Waals surface area contributed by atoms with Crippen molar-refractivity contribution < 1.29 is 8.94 Å². The fraction of sp³-hybridized carbons (Fsp3) is 0.500. The Kier molecular flexibility index (Phi) is 4.97. The molecule has 0 saturated heterocycles. The average molecular weight is 282 g/mol. The summed E-state index contributed by atoms with van der Waals surface area (Å²) in [6.07, 6.45) is 0. The molecule has 1 aromatic rings. The Morgan fingerprint density at radius 2 is 2.00 bits per heavy atom. The van der Waals surface area contributed by atoms with Gasteiger partial charge in [-0.25, -0.2) is 4.39 Å². The van der Waals surface area contributed by atoms with Crippen molar-refractivity contribution in [3.8, 4) is 6.07 Å². The summed E-state index contributed by atoms with van der Waals surface area (Å²) >= 11 is -1.25. The van der Waals surface area contributed by atoms with Crippen LogP contribution in [0.1, 0.15) is 50.4 Å². The van der Waals surface area contributed by atoms with E-state index in [1.54, 1.807) is 6.92 Å². The second kappa shape index (κ2) is 5.91. The first-order valence-corrected chi connectivity index (χ1v) is 7.20. The summed E-state index contributed by atoms with van der Waals surface area (Å²) in [5, 5.41) is 8.96. The minimum absolute atomic E-state index is 0.289. The molecule has 0 aliphatic rings. The van der Waals surface area contributed by atoms with Crippen LogP contribution in [0.3, 0.4) is 0 Å². The van der Waals surface area contributed by atoms with Gasteiger partial charge in [-0.3, -0.25) is 0 Å². The molecule has 0 aliphatic carbocycles. The van der Waals surface area contributed by atoms with Gasteiger partial charge in [0.05, 0.1) is 17.7 Å². The van der Waals surface area contributed by atoms with Crippen LogP contribution < -0.4 is 4.72 Å². The molecule has 5 heteroatoms. The maximum Gasteiger partial charge on any atom is 0.136 e. The van der Waals surface area contributed by atoms with Crippen LogP contribution in [0.2, 0.25) is 0 Å². The van der Waals surface area contributed by atoms with Crippen LogP contribution in [-0.2, 0) is 11.4 Å². The number of rotatable bonds is 3. The molecule has 2 atom stereocenters. The molecule has 0 aliphatic heterocycles.